The van der Waals surface area contributed by atoms with E-state index in [2.05, 4.69) is 20.8 Å². The number of hydrogen-bond donors (Lipinski definition) is 0. The van der Waals surface area contributed by atoms with Gasteiger partial charge in [0.15, 0.2) is 4.28 Å². The Morgan fingerprint density at radius 3 is 0.821 bits per heavy atom. The average Bonchev–Trinajstić information content (AvgIpc) is 2.88. The van der Waals surface area contributed by atoms with Crippen molar-refractivity contribution in [1.29, 1.82) is 0 Å². The Hall–Kier alpha value is 0.291. The molecule has 39 heavy (non-hydrogen) atoms. The van der Waals surface area contributed by atoms with Gasteiger partial charge in [-0.25, -0.2) is 0 Å². The zero-order chi connectivity index (χ0) is 30.0. The molecule has 236 valence electrons. The first kappa shape index (κ1) is 39.3. The second kappa shape index (κ2) is 20.2. The van der Waals surface area contributed by atoms with E-state index in [1.165, 1.54) is 0 Å². The summed E-state index contributed by atoms with van der Waals surface area (Å²) in [5, 5.41) is 0. The van der Waals surface area contributed by atoms with Crippen LogP contribution in [0.1, 0.15) is 102 Å². The highest BCUT2D eigenvalue weighted by molar-refractivity contribution is 7.02. The van der Waals surface area contributed by atoms with Gasteiger partial charge in [0, 0.05) is 59.5 Å². The van der Waals surface area contributed by atoms with E-state index in [4.69, 9.17) is 39.8 Å². The van der Waals surface area contributed by atoms with Crippen LogP contribution in [-0.4, -0.2) is 85.9 Å². The Labute approximate surface area is 244 Å². The van der Waals surface area contributed by atoms with Gasteiger partial charge in [-0.3, -0.25) is 0 Å². The Kier molecular flexibility index (Phi) is 20.4. The molecule has 0 aliphatic carbocycles. The lowest BCUT2D eigenvalue weighted by Crippen LogP contribution is -2.82. The summed E-state index contributed by atoms with van der Waals surface area (Å²) < 4.78 is 59.9. The fourth-order valence-electron chi connectivity index (χ4n) is 5.56. The molecule has 0 amide bonds. The molecule has 0 aromatic carbocycles. The smallest absolute Gasteiger partial charge is 0.373 e. The van der Waals surface area contributed by atoms with E-state index in [1.54, 1.807) is 0 Å². The largest absolute Gasteiger partial charge is 0.516 e. The van der Waals surface area contributed by atoms with Gasteiger partial charge in [0.25, 0.3) is 0 Å². The molecular weight excluding hydrogens is 553 g/mol. The molecule has 0 N–H and O–H groups in total. The van der Waals surface area contributed by atoms with Crippen LogP contribution in [0.15, 0.2) is 0 Å². The molecular formula is C27H62O9Si3. The second-order valence-electron chi connectivity index (χ2n) is 9.42. The molecule has 0 bridgehead atoms. The Balaban J connectivity index is 8.41. The highest BCUT2D eigenvalue weighted by Gasteiger charge is 2.89. The van der Waals surface area contributed by atoms with Crippen molar-refractivity contribution in [2.24, 2.45) is 11.8 Å². The van der Waals surface area contributed by atoms with Crippen LogP contribution < -0.4 is 0 Å². The van der Waals surface area contributed by atoms with Crippen molar-refractivity contribution in [3.05, 3.63) is 0 Å². The third kappa shape index (κ3) is 8.90. The van der Waals surface area contributed by atoms with Gasteiger partial charge in [-0.2, -0.15) is 0 Å². The summed E-state index contributed by atoms with van der Waals surface area (Å²) in [6.45, 7) is 27.8. The standard InChI is InChI=1S/C27H62O9Si3/c1-13-23-25(11)26(12)24-27(37(28-14-2,29-15-3)30-16-4,38(31-17-5,32-18-6)33-19-7)39(34-20-8,35-21-9)36-22-10/h25-26H,13-24H2,1-12H3. The summed E-state index contributed by atoms with van der Waals surface area (Å²) in [5.74, 6) is 0.568. The number of rotatable bonds is 26. The summed E-state index contributed by atoms with van der Waals surface area (Å²) in [7, 11) is -11.5. The van der Waals surface area contributed by atoms with Gasteiger partial charge in [0.2, 0.25) is 0 Å². The Morgan fingerprint density at radius 2 is 0.641 bits per heavy atom. The van der Waals surface area contributed by atoms with Crippen molar-refractivity contribution in [3.63, 3.8) is 0 Å². The Bertz CT molecular complexity index is 499. The lowest BCUT2D eigenvalue weighted by Gasteiger charge is -2.56. The first-order valence-corrected chi connectivity index (χ1v) is 20.6. The third-order valence-corrected chi connectivity index (χ3v) is 22.2. The monoisotopic (exact) mass is 614 g/mol. The van der Waals surface area contributed by atoms with Gasteiger partial charge in [0.1, 0.15) is 0 Å². The van der Waals surface area contributed by atoms with Crippen molar-refractivity contribution in [3.8, 4) is 0 Å². The van der Waals surface area contributed by atoms with Gasteiger partial charge in [-0.15, -0.1) is 0 Å². The number of hydrogen-bond acceptors (Lipinski definition) is 9. The fourth-order valence-corrected chi connectivity index (χ4v) is 22.1. The highest BCUT2D eigenvalue weighted by Crippen LogP contribution is 2.61. The van der Waals surface area contributed by atoms with Crippen LogP contribution in [0.3, 0.4) is 0 Å². The van der Waals surface area contributed by atoms with Gasteiger partial charge in [0.05, 0.1) is 0 Å². The van der Waals surface area contributed by atoms with Gasteiger partial charge in [-0.05, 0) is 80.6 Å². The van der Waals surface area contributed by atoms with E-state index in [1.807, 2.05) is 62.3 Å². The summed E-state index contributed by atoms with van der Waals surface area (Å²) in [6.07, 6.45) is 2.70. The predicted molar refractivity (Wildman–Crippen MR) is 162 cm³/mol. The topological polar surface area (TPSA) is 83.1 Å². The van der Waals surface area contributed by atoms with Crippen molar-refractivity contribution < 1.29 is 39.8 Å². The molecule has 2 atom stereocenters. The van der Waals surface area contributed by atoms with Crippen LogP contribution in [0.5, 0.6) is 0 Å². The minimum atomic E-state index is -3.83. The average molecular weight is 615 g/mol. The maximum Gasteiger partial charge on any atom is 0.516 e. The van der Waals surface area contributed by atoms with Crippen LogP contribution >= 0.6 is 0 Å². The van der Waals surface area contributed by atoms with Gasteiger partial charge < -0.3 is 39.8 Å². The maximum atomic E-state index is 6.79. The quantitative estimate of drug-likeness (QED) is 0.103. The summed E-state index contributed by atoms with van der Waals surface area (Å²) in [5.41, 5.74) is 0. The first-order valence-electron chi connectivity index (χ1n) is 15.4. The van der Waals surface area contributed by atoms with E-state index >= 15 is 0 Å². The zero-order valence-corrected chi connectivity index (χ0v) is 30.3. The molecule has 0 aromatic heterocycles. The lowest BCUT2D eigenvalue weighted by atomic mass is 9.90. The maximum absolute atomic E-state index is 6.79. The molecule has 0 aliphatic heterocycles. The zero-order valence-electron chi connectivity index (χ0n) is 27.3. The fraction of sp³-hybridized carbons (Fsp3) is 1.00. The molecule has 9 nitrogen and oxygen atoms in total. The minimum Gasteiger partial charge on any atom is -0.373 e. The van der Waals surface area contributed by atoms with E-state index in [0.29, 0.717) is 71.8 Å². The molecule has 0 rings (SSSR count). The van der Waals surface area contributed by atoms with E-state index in [9.17, 15) is 0 Å². The molecule has 0 heterocycles. The minimum absolute atomic E-state index is 0.180. The SMILES string of the molecule is CCCC(C)C(C)CC([Si](OCC)(OCC)OCC)([Si](OCC)(OCC)OCC)[Si](OCC)(OCC)OCC. The van der Waals surface area contributed by atoms with E-state index in [-0.39, 0.29) is 5.92 Å². The van der Waals surface area contributed by atoms with Crippen molar-refractivity contribution in [2.75, 3.05) is 59.5 Å². The molecule has 12 heteroatoms. The van der Waals surface area contributed by atoms with Crippen LogP contribution in [0, 0.1) is 11.8 Å². The van der Waals surface area contributed by atoms with Crippen LogP contribution in [-0.2, 0) is 39.8 Å². The summed E-state index contributed by atoms with van der Waals surface area (Å²) >= 11 is 0. The normalized spacial score (nSPS) is 15.1. The van der Waals surface area contributed by atoms with Gasteiger partial charge >= 0.3 is 26.4 Å². The molecule has 0 spiro atoms. The molecule has 0 radical (unpaired) electrons. The molecule has 2 unspecified atom stereocenters. The second-order valence-corrected chi connectivity index (χ2v) is 19.4. The highest BCUT2D eigenvalue weighted by atomic mass is 28.5. The third-order valence-electron chi connectivity index (χ3n) is 6.92. The lowest BCUT2D eigenvalue weighted by molar-refractivity contribution is -0.0168. The summed E-state index contributed by atoms with van der Waals surface area (Å²) in [4.78, 5) is 0. The van der Waals surface area contributed by atoms with Crippen molar-refractivity contribution >= 4 is 26.4 Å². The van der Waals surface area contributed by atoms with E-state index in [0.717, 1.165) is 12.8 Å². The van der Waals surface area contributed by atoms with Crippen LogP contribution in [0.2, 0.25) is 4.28 Å². The Morgan fingerprint density at radius 1 is 0.410 bits per heavy atom. The molecule has 0 aliphatic rings. The van der Waals surface area contributed by atoms with Crippen molar-refractivity contribution in [2.45, 2.75) is 107 Å². The van der Waals surface area contributed by atoms with E-state index < -0.39 is 30.7 Å². The summed E-state index contributed by atoms with van der Waals surface area (Å²) in [6, 6.07) is 0. The molecule has 0 saturated carbocycles. The van der Waals surface area contributed by atoms with Gasteiger partial charge in [-0.1, -0.05) is 33.6 Å². The molecule has 0 fully saturated rings. The molecule has 0 aromatic rings. The van der Waals surface area contributed by atoms with Crippen LogP contribution in [0.25, 0.3) is 0 Å². The van der Waals surface area contributed by atoms with Crippen molar-refractivity contribution in [1.82, 2.24) is 0 Å². The van der Waals surface area contributed by atoms with Crippen LogP contribution in [0.4, 0.5) is 0 Å². The first-order chi connectivity index (χ1) is 18.7. The molecule has 0 saturated heterocycles. The predicted octanol–water partition coefficient (Wildman–Crippen LogP) is 6.41.